The number of para-hydroxylation sites is 1. The van der Waals surface area contributed by atoms with Crippen LogP contribution in [0.3, 0.4) is 0 Å². The maximum atomic E-state index is 14.1. The number of aryl methyl sites for hydroxylation is 1. The van der Waals surface area contributed by atoms with Gasteiger partial charge in [-0.15, -0.1) is 0 Å². The van der Waals surface area contributed by atoms with Crippen molar-refractivity contribution in [3.63, 3.8) is 0 Å². The fourth-order valence-electron chi connectivity index (χ4n) is 4.40. The number of nitrogens with one attached hydrogen (secondary N) is 1. The number of rotatable bonds is 13. The topological polar surface area (TPSA) is 86.8 Å². The summed E-state index contributed by atoms with van der Waals surface area (Å²) < 4.78 is 27.9. The minimum absolute atomic E-state index is 0.141. The molecular weight excluding hydrogens is 578 g/mol. The SMILES string of the molecule is CCCNC(=O)[C@@H](Cc1ccccc1)N(Cc1cccc(Br)c1)C(=O)CN(c1ccccc1CC)S(C)(=O)=O. The number of benzene rings is 3. The standard InChI is InChI=1S/C30H36BrN3O4S/c1-4-18-32-30(36)28(20-23-12-7-6-8-13-23)33(21-24-14-11-16-26(31)19-24)29(35)22-34(39(3,37)38)27-17-10-9-15-25(27)5-2/h6-17,19,28H,4-5,18,20-22H2,1-3H3,(H,32,36)/t28-/m1/s1. The van der Waals surface area contributed by atoms with Crippen molar-refractivity contribution in [3.8, 4) is 0 Å². The first-order chi connectivity index (χ1) is 18.6. The summed E-state index contributed by atoms with van der Waals surface area (Å²) in [4.78, 5) is 29.1. The second-order valence-corrected chi connectivity index (χ2v) is 12.2. The van der Waals surface area contributed by atoms with Gasteiger partial charge in [0.05, 0.1) is 11.9 Å². The summed E-state index contributed by atoms with van der Waals surface area (Å²) in [5, 5.41) is 2.94. The van der Waals surface area contributed by atoms with Crippen LogP contribution in [0.1, 0.15) is 37.0 Å². The fraction of sp³-hybridized carbons (Fsp3) is 0.333. The first-order valence-corrected chi connectivity index (χ1v) is 15.7. The van der Waals surface area contributed by atoms with E-state index in [1.54, 1.807) is 12.1 Å². The third kappa shape index (κ3) is 8.66. The fourth-order valence-corrected chi connectivity index (χ4v) is 5.73. The molecule has 0 heterocycles. The number of amides is 2. The lowest BCUT2D eigenvalue weighted by Crippen LogP contribution is -2.53. The van der Waals surface area contributed by atoms with E-state index in [4.69, 9.17) is 0 Å². The van der Waals surface area contributed by atoms with Gasteiger partial charge in [-0.3, -0.25) is 13.9 Å². The molecule has 0 saturated carbocycles. The number of carbonyl (C=O) groups is 2. The number of carbonyl (C=O) groups excluding carboxylic acids is 2. The van der Waals surface area contributed by atoms with Crippen molar-refractivity contribution < 1.29 is 18.0 Å². The van der Waals surface area contributed by atoms with E-state index in [0.717, 1.165) is 38.1 Å². The zero-order valence-corrected chi connectivity index (χ0v) is 25.0. The number of hydrogen-bond acceptors (Lipinski definition) is 4. The predicted octanol–water partition coefficient (Wildman–Crippen LogP) is 4.94. The van der Waals surface area contributed by atoms with Gasteiger partial charge in [-0.25, -0.2) is 8.42 Å². The van der Waals surface area contributed by atoms with Crippen LogP contribution in [0, 0.1) is 0 Å². The second-order valence-electron chi connectivity index (χ2n) is 9.40. The van der Waals surface area contributed by atoms with Crippen molar-refractivity contribution in [3.05, 3.63) is 100 Å². The lowest BCUT2D eigenvalue weighted by molar-refractivity contribution is -0.140. The Morgan fingerprint density at radius 2 is 1.59 bits per heavy atom. The summed E-state index contributed by atoms with van der Waals surface area (Å²) in [6.07, 6.45) is 2.74. The highest BCUT2D eigenvalue weighted by Gasteiger charge is 2.33. The summed E-state index contributed by atoms with van der Waals surface area (Å²) in [6, 6.07) is 23.4. The molecule has 0 saturated heterocycles. The average Bonchev–Trinajstić information content (AvgIpc) is 2.92. The maximum Gasteiger partial charge on any atom is 0.244 e. The van der Waals surface area contributed by atoms with Crippen molar-refractivity contribution in [1.82, 2.24) is 10.2 Å². The number of anilines is 1. The van der Waals surface area contributed by atoms with Gasteiger partial charge in [-0.2, -0.15) is 0 Å². The van der Waals surface area contributed by atoms with E-state index in [0.29, 0.717) is 25.1 Å². The molecule has 39 heavy (non-hydrogen) atoms. The Morgan fingerprint density at radius 1 is 0.923 bits per heavy atom. The van der Waals surface area contributed by atoms with E-state index < -0.39 is 28.5 Å². The Labute approximate surface area is 240 Å². The van der Waals surface area contributed by atoms with Crippen LogP contribution in [0.4, 0.5) is 5.69 Å². The van der Waals surface area contributed by atoms with Crippen molar-refractivity contribution in [2.75, 3.05) is 23.7 Å². The number of nitrogens with zero attached hydrogens (tertiary/aromatic N) is 2. The van der Waals surface area contributed by atoms with Crippen molar-refractivity contribution >= 4 is 43.5 Å². The molecule has 0 bridgehead atoms. The van der Waals surface area contributed by atoms with Crippen LogP contribution in [-0.2, 0) is 39.0 Å². The number of halogens is 1. The summed E-state index contributed by atoms with van der Waals surface area (Å²) in [6.45, 7) is 4.10. The first-order valence-electron chi connectivity index (χ1n) is 13.0. The third-order valence-electron chi connectivity index (χ3n) is 6.38. The number of sulfonamides is 1. The van der Waals surface area contributed by atoms with Crippen LogP contribution < -0.4 is 9.62 Å². The van der Waals surface area contributed by atoms with Gasteiger partial charge in [-0.1, -0.05) is 90.4 Å². The molecular formula is C30H36BrN3O4S. The molecule has 0 radical (unpaired) electrons. The maximum absolute atomic E-state index is 14.1. The lowest BCUT2D eigenvalue weighted by atomic mass is 10.0. The highest BCUT2D eigenvalue weighted by Crippen LogP contribution is 2.25. The first kappa shape index (κ1) is 30.4. The van der Waals surface area contributed by atoms with Gasteiger partial charge in [0.2, 0.25) is 21.8 Å². The van der Waals surface area contributed by atoms with Gasteiger partial charge >= 0.3 is 0 Å². The van der Waals surface area contributed by atoms with Gasteiger partial charge in [0, 0.05) is 24.0 Å². The monoisotopic (exact) mass is 613 g/mol. The average molecular weight is 615 g/mol. The highest BCUT2D eigenvalue weighted by molar-refractivity contribution is 9.10. The van der Waals surface area contributed by atoms with E-state index in [9.17, 15) is 18.0 Å². The Bertz CT molecular complexity index is 1370. The zero-order chi connectivity index (χ0) is 28.4. The van der Waals surface area contributed by atoms with Crippen LogP contribution in [0.2, 0.25) is 0 Å². The van der Waals surface area contributed by atoms with E-state index in [-0.39, 0.29) is 12.5 Å². The summed E-state index contributed by atoms with van der Waals surface area (Å²) in [5.74, 6) is -0.734. The minimum Gasteiger partial charge on any atom is -0.354 e. The molecule has 0 aliphatic heterocycles. The molecule has 7 nitrogen and oxygen atoms in total. The third-order valence-corrected chi connectivity index (χ3v) is 8.00. The smallest absolute Gasteiger partial charge is 0.244 e. The molecule has 1 atom stereocenters. The molecule has 3 aromatic rings. The number of hydrogen-bond donors (Lipinski definition) is 1. The molecule has 0 aliphatic carbocycles. The van der Waals surface area contributed by atoms with Crippen LogP contribution >= 0.6 is 15.9 Å². The van der Waals surface area contributed by atoms with E-state index in [2.05, 4.69) is 21.2 Å². The van der Waals surface area contributed by atoms with Gasteiger partial charge in [0.25, 0.3) is 0 Å². The summed E-state index contributed by atoms with van der Waals surface area (Å²) >= 11 is 3.49. The lowest BCUT2D eigenvalue weighted by Gasteiger charge is -2.34. The van der Waals surface area contributed by atoms with E-state index in [1.165, 1.54) is 4.90 Å². The Morgan fingerprint density at radius 3 is 2.23 bits per heavy atom. The normalized spacial score (nSPS) is 12.0. The molecule has 1 N–H and O–H groups in total. The van der Waals surface area contributed by atoms with Crippen LogP contribution in [0.25, 0.3) is 0 Å². The summed E-state index contributed by atoms with van der Waals surface area (Å²) in [7, 11) is -3.80. The van der Waals surface area contributed by atoms with Crippen molar-refractivity contribution in [2.45, 2.75) is 45.7 Å². The molecule has 0 fully saturated rings. The van der Waals surface area contributed by atoms with Gasteiger partial charge in [-0.05, 0) is 47.7 Å². The molecule has 0 aliphatic rings. The van der Waals surface area contributed by atoms with Gasteiger partial charge in [0.15, 0.2) is 0 Å². The van der Waals surface area contributed by atoms with Crippen molar-refractivity contribution in [1.29, 1.82) is 0 Å². The Balaban J connectivity index is 2.06. The van der Waals surface area contributed by atoms with Crippen LogP contribution in [-0.4, -0.2) is 50.5 Å². The highest BCUT2D eigenvalue weighted by atomic mass is 79.9. The quantitative estimate of drug-likeness (QED) is 0.296. The molecule has 3 aromatic carbocycles. The van der Waals surface area contributed by atoms with Crippen LogP contribution in [0.15, 0.2) is 83.3 Å². The second kappa shape index (κ2) is 14.3. The van der Waals surface area contributed by atoms with E-state index in [1.807, 2.05) is 80.6 Å². The van der Waals surface area contributed by atoms with Gasteiger partial charge in [0.1, 0.15) is 12.6 Å². The predicted molar refractivity (Wildman–Crippen MR) is 160 cm³/mol. The van der Waals surface area contributed by atoms with Crippen molar-refractivity contribution in [2.24, 2.45) is 0 Å². The molecule has 3 rings (SSSR count). The Kier molecular flexibility index (Phi) is 11.1. The van der Waals surface area contributed by atoms with E-state index >= 15 is 0 Å². The largest absolute Gasteiger partial charge is 0.354 e. The molecule has 9 heteroatoms. The molecule has 208 valence electrons. The summed E-state index contributed by atoms with van der Waals surface area (Å²) in [5.41, 5.74) is 3.00. The van der Waals surface area contributed by atoms with Gasteiger partial charge < -0.3 is 10.2 Å². The van der Waals surface area contributed by atoms with Crippen LogP contribution in [0.5, 0.6) is 0 Å². The zero-order valence-electron chi connectivity index (χ0n) is 22.6. The molecule has 0 aromatic heterocycles. The Hall–Kier alpha value is -3.17. The minimum atomic E-state index is -3.80. The molecule has 0 unspecified atom stereocenters. The molecule has 0 spiro atoms. The molecule has 2 amide bonds.